The molecule has 1 aromatic carbocycles. The highest BCUT2D eigenvalue weighted by Crippen LogP contribution is 2.25. The predicted molar refractivity (Wildman–Crippen MR) is 105 cm³/mol. The molecule has 2 heterocycles. The van der Waals surface area contributed by atoms with Gasteiger partial charge in [0.05, 0.1) is 0 Å². The van der Waals surface area contributed by atoms with E-state index in [1.807, 2.05) is 11.8 Å². The van der Waals surface area contributed by atoms with Gasteiger partial charge in [0.2, 0.25) is 0 Å². The van der Waals surface area contributed by atoms with Crippen molar-refractivity contribution in [3.8, 4) is 0 Å². The van der Waals surface area contributed by atoms with Crippen LogP contribution in [0.1, 0.15) is 60.0 Å². The van der Waals surface area contributed by atoms with Crippen molar-refractivity contribution >= 4 is 17.4 Å². The summed E-state index contributed by atoms with van der Waals surface area (Å²) in [4.78, 5) is 23.7. The first-order valence-electron chi connectivity index (χ1n) is 9.59. The molecule has 2 aromatic rings. The highest BCUT2D eigenvalue weighted by molar-refractivity contribution is 5.93. The van der Waals surface area contributed by atoms with E-state index in [-0.39, 0.29) is 5.91 Å². The van der Waals surface area contributed by atoms with Gasteiger partial charge < -0.3 is 10.2 Å². The topological polar surface area (TPSA) is 58.1 Å². The zero-order valence-electron chi connectivity index (χ0n) is 16.0. The molecule has 1 N–H and O–H groups in total. The Morgan fingerprint density at radius 3 is 2.54 bits per heavy atom. The first-order chi connectivity index (χ1) is 12.6. The van der Waals surface area contributed by atoms with Crippen LogP contribution in [0.25, 0.3) is 0 Å². The van der Waals surface area contributed by atoms with Gasteiger partial charge in [0, 0.05) is 24.8 Å². The minimum atomic E-state index is 0.0148. The Morgan fingerprint density at radius 1 is 1.12 bits per heavy atom. The van der Waals surface area contributed by atoms with Gasteiger partial charge in [-0.2, -0.15) is 0 Å². The second kappa shape index (κ2) is 8.30. The van der Waals surface area contributed by atoms with Gasteiger partial charge in [-0.05, 0) is 44.2 Å². The second-order valence-electron chi connectivity index (χ2n) is 6.98. The normalized spacial score (nSPS) is 14.8. The zero-order chi connectivity index (χ0) is 18.5. The number of hydrogen-bond donors (Lipinski definition) is 1. The molecule has 0 spiro atoms. The van der Waals surface area contributed by atoms with E-state index < -0.39 is 0 Å². The molecule has 5 nitrogen and oxygen atoms in total. The van der Waals surface area contributed by atoms with Crippen molar-refractivity contribution in [2.24, 2.45) is 0 Å². The summed E-state index contributed by atoms with van der Waals surface area (Å²) in [6, 6.07) is 8.05. The van der Waals surface area contributed by atoms with E-state index in [0.717, 1.165) is 38.0 Å². The van der Waals surface area contributed by atoms with Crippen molar-refractivity contribution in [2.45, 2.75) is 52.9 Å². The molecule has 0 unspecified atom stereocenters. The number of anilines is 2. The van der Waals surface area contributed by atoms with Crippen LogP contribution >= 0.6 is 0 Å². The molecule has 0 aliphatic carbocycles. The summed E-state index contributed by atoms with van der Waals surface area (Å²) in [7, 11) is 0. The minimum absolute atomic E-state index is 0.0148. The number of aromatic nitrogens is 2. The first kappa shape index (κ1) is 18.4. The summed E-state index contributed by atoms with van der Waals surface area (Å²) in [6.45, 7) is 7.70. The molecule has 1 saturated heterocycles. The molecular weight excluding hydrogens is 324 g/mol. The Balaban J connectivity index is 1.87. The lowest BCUT2D eigenvalue weighted by Crippen LogP contribution is -2.32. The zero-order valence-corrected chi connectivity index (χ0v) is 16.0. The van der Waals surface area contributed by atoms with E-state index in [0.29, 0.717) is 17.3 Å². The van der Waals surface area contributed by atoms with Gasteiger partial charge in [-0.25, -0.2) is 9.97 Å². The fourth-order valence-electron chi connectivity index (χ4n) is 3.51. The Bertz CT molecular complexity index is 780. The van der Waals surface area contributed by atoms with Crippen LogP contribution in [0.2, 0.25) is 0 Å². The minimum Gasteiger partial charge on any atom is -0.340 e. The van der Waals surface area contributed by atoms with Crippen molar-refractivity contribution in [1.29, 1.82) is 0 Å². The van der Waals surface area contributed by atoms with Crippen molar-refractivity contribution in [2.75, 3.05) is 18.4 Å². The van der Waals surface area contributed by atoms with Gasteiger partial charge in [-0.1, -0.05) is 38.0 Å². The molecule has 1 aliphatic rings. The third-order valence-corrected chi connectivity index (χ3v) is 4.94. The first-order valence-corrected chi connectivity index (χ1v) is 9.59. The van der Waals surface area contributed by atoms with Gasteiger partial charge in [0.25, 0.3) is 5.91 Å². The fourth-order valence-corrected chi connectivity index (χ4v) is 3.51. The van der Waals surface area contributed by atoms with Crippen molar-refractivity contribution in [1.82, 2.24) is 14.9 Å². The SMILES string of the molecule is CCc1cccc(C)c1Nc1cc(C(=O)N2CCCCCC2)nc(C)n1. The average Bonchev–Trinajstić information content (AvgIpc) is 2.91. The molecule has 0 radical (unpaired) electrons. The number of benzene rings is 1. The Kier molecular flexibility index (Phi) is 5.86. The van der Waals surface area contributed by atoms with Crippen LogP contribution in [-0.4, -0.2) is 33.9 Å². The lowest BCUT2D eigenvalue weighted by Gasteiger charge is -2.20. The molecule has 1 aliphatic heterocycles. The van der Waals surface area contributed by atoms with Crippen LogP contribution in [0.15, 0.2) is 24.3 Å². The number of aryl methyl sites for hydroxylation is 3. The van der Waals surface area contributed by atoms with Crippen LogP contribution in [0.4, 0.5) is 11.5 Å². The highest BCUT2D eigenvalue weighted by atomic mass is 16.2. The molecule has 0 bridgehead atoms. The van der Waals surface area contributed by atoms with Crippen LogP contribution in [0, 0.1) is 13.8 Å². The molecule has 1 amide bonds. The quantitative estimate of drug-likeness (QED) is 0.885. The number of amides is 1. The second-order valence-corrected chi connectivity index (χ2v) is 6.98. The van der Waals surface area contributed by atoms with Crippen LogP contribution in [0.5, 0.6) is 0 Å². The maximum absolute atomic E-state index is 12.9. The Hall–Kier alpha value is -2.43. The van der Waals surface area contributed by atoms with Gasteiger partial charge >= 0.3 is 0 Å². The van der Waals surface area contributed by atoms with Crippen molar-refractivity contribution in [3.05, 3.63) is 46.9 Å². The van der Waals surface area contributed by atoms with E-state index in [9.17, 15) is 4.79 Å². The summed E-state index contributed by atoms with van der Waals surface area (Å²) in [6.07, 6.45) is 5.49. The van der Waals surface area contributed by atoms with Gasteiger partial charge in [0.15, 0.2) is 0 Å². The number of carbonyl (C=O) groups is 1. The van der Waals surface area contributed by atoms with Gasteiger partial charge in [0.1, 0.15) is 17.3 Å². The van der Waals surface area contributed by atoms with Crippen LogP contribution in [-0.2, 0) is 6.42 Å². The maximum Gasteiger partial charge on any atom is 0.272 e. The van der Waals surface area contributed by atoms with E-state index in [1.165, 1.54) is 24.0 Å². The van der Waals surface area contributed by atoms with E-state index >= 15 is 0 Å². The summed E-state index contributed by atoms with van der Waals surface area (Å²) >= 11 is 0. The number of carbonyl (C=O) groups excluding carboxylic acids is 1. The van der Waals surface area contributed by atoms with E-state index in [1.54, 1.807) is 6.07 Å². The van der Waals surface area contributed by atoms with Crippen molar-refractivity contribution < 1.29 is 4.79 Å². The molecule has 0 saturated carbocycles. The highest BCUT2D eigenvalue weighted by Gasteiger charge is 2.20. The largest absolute Gasteiger partial charge is 0.340 e. The fraction of sp³-hybridized carbons (Fsp3) is 0.476. The summed E-state index contributed by atoms with van der Waals surface area (Å²) in [5.41, 5.74) is 3.96. The molecule has 5 heteroatoms. The van der Waals surface area contributed by atoms with Gasteiger partial charge in [-0.15, -0.1) is 0 Å². The summed E-state index contributed by atoms with van der Waals surface area (Å²) in [5, 5.41) is 3.42. The third-order valence-electron chi connectivity index (χ3n) is 4.94. The Labute approximate surface area is 155 Å². The lowest BCUT2D eigenvalue weighted by atomic mass is 10.1. The van der Waals surface area contributed by atoms with Gasteiger partial charge in [-0.3, -0.25) is 4.79 Å². The smallest absolute Gasteiger partial charge is 0.272 e. The molecule has 1 aromatic heterocycles. The third kappa shape index (κ3) is 4.21. The Morgan fingerprint density at radius 2 is 1.85 bits per heavy atom. The summed E-state index contributed by atoms with van der Waals surface area (Å²) < 4.78 is 0. The van der Waals surface area contributed by atoms with Crippen LogP contribution < -0.4 is 5.32 Å². The number of para-hydroxylation sites is 1. The molecular formula is C21H28N4O. The maximum atomic E-state index is 12.9. The number of nitrogens with one attached hydrogen (secondary N) is 1. The average molecular weight is 352 g/mol. The predicted octanol–water partition coefficient (Wildman–Crippen LogP) is 4.42. The van der Waals surface area contributed by atoms with Crippen LogP contribution in [0.3, 0.4) is 0 Å². The van der Waals surface area contributed by atoms with E-state index in [2.05, 4.69) is 47.3 Å². The van der Waals surface area contributed by atoms with Crippen molar-refractivity contribution in [3.63, 3.8) is 0 Å². The molecule has 3 rings (SSSR count). The number of hydrogen-bond acceptors (Lipinski definition) is 4. The standard InChI is InChI=1S/C21H28N4O/c1-4-17-11-9-10-15(2)20(17)24-19-14-18(22-16(3)23-19)21(26)25-12-7-5-6-8-13-25/h9-11,14H,4-8,12-13H2,1-3H3,(H,22,23,24). The number of nitrogens with zero attached hydrogens (tertiary/aromatic N) is 3. The summed E-state index contributed by atoms with van der Waals surface area (Å²) in [5.74, 6) is 1.31. The molecule has 26 heavy (non-hydrogen) atoms. The number of likely N-dealkylation sites (tertiary alicyclic amines) is 1. The van der Waals surface area contributed by atoms with E-state index in [4.69, 9.17) is 0 Å². The molecule has 1 fully saturated rings. The molecule has 0 atom stereocenters. The molecule has 138 valence electrons. The number of rotatable bonds is 4. The monoisotopic (exact) mass is 352 g/mol. The lowest BCUT2D eigenvalue weighted by molar-refractivity contribution is 0.0755.